The topological polar surface area (TPSA) is 243 Å². The van der Waals surface area contributed by atoms with E-state index in [9.17, 15) is 22.9 Å². The van der Waals surface area contributed by atoms with Gasteiger partial charge in [0.05, 0.1) is 39.7 Å². The summed E-state index contributed by atoms with van der Waals surface area (Å²) in [4.78, 5) is 12.7. The number of benzene rings is 6. The molecule has 0 spiro atoms. The summed E-state index contributed by atoms with van der Waals surface area (Å²) in [7, 11) is -4.49. The van der Waals surface area contributed by atoms with E-state index in [0.717, 1.165) is 5.56 Å². The fourth-order valence-electron chi connectivity index (χ4n) is 5.53. The minimum atomic E-state index is -4.49. The molecule has 0 saturated carbocycles. The van der Waals surface area contributed by atoms with Crippen LogP contribution in [0.2, 0.25) is 0 Å². The van der Waals surface area contributed by atoms with E-state index < -0.39 is 10.1 Å². The fourth-order valence-corrected chi connectivity index (χ4v) is 6.73. The SMILES string of the molecule is Cc1ccc(N=Nc2ccc(N=Nc3cc(C)c(N=Nc4c(SOOO)cc5cc(NC(=O)c6ccc(N)cc6)ccc5c4O)cc3C)cc2C)c(S(=O)(=O)O)c1. The molecular formula is C39H34N8O8S2. The van der Waals surface area contributed by atoms with Crippen LogP contribution >= 0.6 is 12.0 Å². The number of nitrogen functional groups attached to an aromatic ring is 1. The van der Waals surface area contributed by atoms with Gasteiger partial charge in [-0.15, -0.1) is 14.6 Å². The minimum Gasteiger partial charge on any atom is -0.505 e. The molecule has 6 aromatic carbocycles. The molecule has 0 atom stereocenters. The van der Waals surface area contributed by atoms with E-state index in [1.165, 1.54) is 12.1 Å². The number of aromatic hydroxyl groups is 1. The van der Waals surface area contributed by atoms with Gasteiger partial charge in [0.1, 0.15) is 16.3 Å². The average Bonchev–Trinajstić information content (AvgIpc) is 3.17. The van der Waals surface area contributed by atoms with Crippen molar-refractivity contribution in [3.8, 4) is 5.75 Å². The van der Waals surface area contributed by atoms with Gasteiger partial charge in [-0.2, -0.15) is 28.9 Å². The number of carbonyl (C=O) groups is 1. The predicted molar refractivity (Wildman–Crippen MR) is 216 cm³/mol. The van der Waals surface area contributed by atoms with Crippen LogP contribution in [0.5, 0.6) is 5.75 Å². The average molecular weight is 807 g/mol. The number of anilines is 2. The zero-order valence-electron chi connectivity index (χ0n) is 30.7. The number of phenolic OH excluding ortho intramolecular Hbond substituents is 1. The second-order valence-electron chi connectivity index (χ2n) is 12.8. The van der Waals surface area contributed by atoms with Crippen LogP contribution in [0.25, 0.3) is 10.8 Å². The number of rotatable bonds is 12. The standard InChI is InChI=1S/C39H34N8O8S2/c1-21-5-13-32(36(15-21)57(51,52)53)44-43-31-14-11-29(16-22(31)2)42-45-33-17-24(4)34(18-23(33)3)46-47-37-35(56-55-54-50)20-26-19-28(10-12-30(26)38(37)48)41-39(49)25-6-8-27(40)9-7-25/h5-20,48,50H,40H2,1-4H3,(H,41,49)(H,51,52,53). The lowest BCUT2D eigenvalue weighted by molar-refractivity contribution is -0.432. The number of carbonyl (C=O) groups excluding carboxylic acids is 1. The Labute approximate surface area is 330 Å². The zero-order chi connectivity index (χ0) is 40.9. The Morgan fingerprint density at radius 3 is 2.02 bits per heavy atom. The molecule has 0 fully saturated rings. The van der Waals surface area contributed by atoms with Crippen LogP contribution < -0.4 is 11.1 Å². The van der Waals surface area contributed by atoms with E-state index in [2.05, 4.69) is 45.4 Å². The molecule has 6 rings (SSSR count). The van der Waals surface area contributed by atoms with Gasteiger partial charge in [0.2, 0.25) is 0 Å². The second-order valence-corrected chi connectivity index (χ2v) is 14.9. The number of fused-ring (bicyclic) bond motifs is 1. The van der Waals surface area contributed by atoms with Crippen molar-refractivity contribution in [2.45, 2.75) is 37.5 Å². The van der Waals surface area contributed by atoms with Gasteiger partial charge in [0.15, 0.2) is 5.75 Å². The molecule has 0 bridgehead atoms. The van der Waals surface area contributed by atoms with Crippen LogP contribution in [0, 0.1) is 27.7 Å². The van der Waals surface area contributed by atoms with Crippen LogP contribution in [0.4, 0.5) is 45.5 Å². The number of nitrogens with zero attached hydrogens (tertiary/aromatic N) is 6. The zero-order valence-corrected chi connectivity index (χ0v) is 32.3. The van der Waals surface area contributed by atoms with Gasteiger partial charge in [0.25, 0.3) is 16.0 Å². The van der Waals surface area contributed by atoms with Gasteiger partial charge in [-0.25, -0.2) is 5.26 Å². The first kappa shape index (κ1) is 40.3. The highest BCUT2D eigenvalue weighted by Gasteiger charge is 2.18. The van der Waals surface area contributed by atoms with Crippen molar-refractivity contribution in [2.75, 3.05) is 11.1 Å². The molecule has 0 unspecified atom stereocenters. The fraction of sp³-hybridized carbons (Fsp3) is 0.103. The number of hydrogen-bond acceptors (Lipinski definition) is 15. The van der Waals surface area contributed by atoms with Gasteiger partial charge < -0.3 is 16.2 Å². The highest BCUT2D eigenvalue weighted by atomic mass is 32.2. The van der Waals surface area contributed by atoms with E-state index in [1.54, 1.807) is 98.8 Å². The first-order valence-corrected chi connectivity index (χ1v) is 19.0. The highest BCUT2D eigenvalue weighted by Crippen LogP contribution is 2.45. The van der Waals surface area contributed by atoms with E-state index in [0.29, 0.717) is 79.2 Å². The predicted octanol–water partition coefficient (Wildman–Crippen LogP) is 11.5. The summed E-state index contributed by atoms with van der Waals surface area (Å²) in [5.74, 6) is -0.573. The van der Waals surface area contributed by atoms with Crippen LogP contribution in [0.1, 0.15) is 32.6 Å². The monoisotopic (exact) mass is 806 g/mol. The summed E-state index contributed by atoms with van der Waals surface area (Å²) in [6.07, 6.45) is 0. The Kier molecular flexibility index (Phi) is 12.1. The van der Waals surface area contributed by atoms with Gasteiger partial charge >= 0.3 is 0 Å². The van der Waals surface area contributed by atoms with Crippen molar-refractivity contribution in [3.05, 3.63) is 125 Å². The molecule has 6 N–H and O–H groups in total. The quantitative estimate of drug-likeness (QED) is 0.0195. The third kappa shape index (κ3) is 9.70. The van der Waals surface area contributed by atoms with E-state index >= 15 is 0 Å². The van der Waals surface area contributed by atoms with Gasteiger partial charge in [-0.05, 0) is 146 Å². The van der Waals surface area contributed by atoms with Gasteiger partial charge in [-0.3, -0.25) is 9.35 Å². The van der Waals surface area contributed by atoms with E-state index in [1.807, 2.05) is 13.8 Å². The summed E-state index contributed by atoms with van der Waals surface area (Å²) in [5, 5.41) is 53.5. The number of aryl methyl sites for hydroxylation is 4. The first-order valence-electron chi connectivity index (χ1n) is 16.9. The summed E-state index contributed by atoms with van der Waals surface area (Å²) in [5.41, 5.74) is 12.0. The maximum absolute atomic E-state index is 12.8. The number of hydrogen-bond donors (Lipinski definition) is 5. The van der Waals surface area contributed by atoms with Crippen molar-refractivity contribution < 1.29 is 37.5 Å². The van der Waals surface area contributed by atoms with E-state index in [4.69, 9.17) is 11.0 Å². The minimum absolute atomic E-state index is 0.00678. The number of azo groups is 3. The smallest absolute Gasteiger partial charge is 0.296 e. The molecule has 0 aliphatic heterocycles. The van der Waals surface area contributed by atoms with Crippen molar-refractivity contribution >= 4 is 84.3 Å². The lowest BCUT2D eigenvalue weighted by atomic mass is 10.1. The number of phenols is 1. The molecule has 0 saturated heterocycles. The molecule has 0 heterocycles. The van der Waals surface area contributed by atoms with Crippen molar-refractivity contribution in [2.24, 2.45) is 30.7 Å². The lowest BCUT2D eigenvalue weighted by Crippen LogP contribution is -2.11. The molecule has 18 heteroatoms. The summed E-state index contributed by atoms with van der Waals surface area (Å²) in [6, 6.07) is 26.1. The first-order chi connectivity index (χ1) is 27.2. The van der Waals surface area contributed by atoms with E-state index in [-0.39, 0.29) is 32.8 Å². The third-order valence-corrected chi connectivity index (χ3v) is 10.0. The van der Waals surface area contributed by atoms with Crippen molar-refractivity contribution in [1.82, 2.24) is 0 Å². The number of nitrogens with one attached hydrogen (secondary N) is 1. The Hall–Kier alpha value is -6.41. The maximum atomic E-state index is 12.8. The summed E-state index contributed by atoms with van der Waals surface area (Å²) >= 11 is 0.594. The molecule has 1 amide bonds. The largest absolute Gasteiger partial charge is 0.505 e. The maximum Gasteiger partial charge on any atom is 0.296 e. The normalized spacial score (nSPS) is 12.0. The molecule has 57 heavy (non-hydrogen) atoms. The third-order valence-electron chi connectivity index (χ3n) is 8.52. The molecular weight excluding hydrogens is 773 g/mol. The summed E-state index contributed by atoms with van der Waals surface area (Å²) < 4.78 is 37.9. The molecule has 16 nitrogen and oxygen atoms in total. The Morgan fingerprint density at radius 2 is 1.35 bits per heavy atom. The Bertz CT molecular complexity index is 2720. The van der Waals surface area contributed by atoms with Crippen LogP contribution in [0.3, 0.4) is 0 Å². The second kappa shape index (κ2) is 17.2. The highest BCUT2D eigenvalue weighted by molar-refractivity contribution is 7.94. The van der Waals surface area contributed by atoms with Crippen LogP contribution in [-0.4, -0.2) is 29.2 Å². The van der Waals surface area contributed by atoms with Crippen molar-refractivity contribution in [1.29, 1.82) is 0 Å². The van der Waals surface area contributed by atoms with Gasteiger partial charge in [-0.1, -0.05) is 11.1 Å². The molecule has 0 radical (unpaired) electrons. The van der Waals surface area contributed by atoms with Crippen LogP contribution in [0.15, 0.2) is 138 Å². The van der Waals surface area contributed by atoms with Crippen LogP contribution in [-0.2, 0) is 19.5 Å². The number of nitrogens with two attached hydrogens (primary N) is 1. The molecule has 0 aliphatic rings. The van der Waals surface area contributed by atoms with Crippen molar-refractivity contribution in [3.63, 3.8) is 0 Å². The summed E-state index contributed by atoms with van der Waals surface area (Å²) in [6.45, 7) is 7.14. The molecule has 0 aromatic heterocycles. The molecule has 0 aliphatic carbocycles. The molecule has 6 aromatic rings. The lowest BCUT2D eigenvalue weighted by Gasteiger charge is -2.11. The van der Waals surface area contributed by atoms with Gasteiger partial charge in [0, 0.05) is 22.3 Å². The Balaban J connectivity index is 1.21. The molecule has 290 valence electrons. The number of amides is 1. The Morgan fingerprint density at radius 1 is 0.719 bits per heavy atom.